The molecule has 0 aromatic heterocycles. The van der Waals surface area contributed by atoms with Gasteiger partial charge in [-0.15, -0.1) is 0 Å². The molecule has 0 atom stereocenters. The first-order valence-corrected chi connectivity index (χ1v) is 9.36. The van der Waals surface area contributed by atoms with Crippen LogP contribution >= 0.6 is 0 Å². The van der Waals surface area contributed by atoms with Crippen LogP contribution in [0.5, 0.6) is 0 Å². The fourth-order valence-electron chi connectivity index (χ4n) is 2.27. The molecule has 1 fully saturated rings. The van der Waals surface area contributed by atoms with Crippen molar-refractivity contribution in [3.05, 3.63) is 0 Å². The maximum Gasteiger partial charge on any atom is 0.511 e. The van der Waals surface area contributed by atoms with Crippen molar-refractivity contribution in [3.8, 4) is 0 Å². The fourth-order valence-corrected chi connectivity index (χ4v) is 3.25. The smallest absolute Gasteiger partial charge is 0.355 e. The summed E-state index contributed by atoms with van der Waals surface area (Å²) >= 11 is 0. The van der Waals surface area contributed by atoms with Crippen LogP contribution in [0.15, 0.2) is 4.99 Å². The standard InChI is InChI=1S/C13H24F3N5O3S/c1-3-6-18-11(22)9-19-12(17-2)20-10-4-7-21(8-5-10)25(23,24)13(14,15)16/h10H,3-9H2,1-2H3,(H,18,22)(H2,17,19,20). The number of nitrogens with zero attached hydrogens (tertiary/aromatic N) is 2. The highest BCUT2D eigenvalue weighted by molar-refractivity contribution is 7.90. The van der Waals surface area contributed by atoms with E-state index in [1.165, 1.54) is 7.05 Å². The number of nitrogens with one attached hydrogen (secondary N) is 3. The van der Waals surface area contributed by atoms with Crippen molar-refractivity contribution < 1.29 is 26.4 Å². The highest BCUT2D eigenvalue weighted by Crippen LogP contribution is 2.28. The maximum absolute atomic E-state index is 12.5. The average Bonchev–Trinajstić information content (AvgIpc) is 2.56. The molecule has 0 bridgehead atoms. The van der Waals surface area contributed by atoms with Gasteiger partial charge in [-0.25, -0.2) is 8.42 Å². The van der Waals surface area contributed by atoms with Gasteiger partial charge in [0.25, 0.3) is 0 Å². The van der Waals surface area contributed by atoms with Gasteiger partial charge >= 0.3 is 15.5 Å². The van der Waals surface area contributed by atoms with E-state index in [2.05, 4.69) is 20.9 Å². The SMILES string of the molecule is CCCNC(=O)CNC(=NC)NC1CCN(S(=O)(=O)C(F)(F)F)CC1. The molecule has 0 aromatic rings. The third kappa shape index (κ3) is 6.34. The van der Waals surface area contributed by atoms with Crippen molar-refractivity contribution in [2.75, 3.05) is 33.2 Å². The number of guanidine groups is 1. The fraction of sp³-hybridized carbons (Fsp3) is 0.846. The Hall–Kier alpha value is -1.56. The summed E-state index contributed by atoms with van der Waals surface area (Å²) in [5.41, 5.74) is -5.28. The topological polar surface area (TPSA) is 103 Å². The predicted octanol–water partition coefficient (Wildman–Crippen LogP) is -0.00840. The molecule has 146 valence electrons. The van der Waals surface area contributed by atoms with E-state index in [1.54, 1.807) is 0 Å². The van der Waals surface area contributed by atoms with Gasteiger partial charge in [-0.1, -0.05) is 6.92 Å². The average molecular weight is 387 g/mol. The zero-order valence-corrected chi connectivity index (χ0v) is 15.0. The first kappa shape index (κ1) is 21.5. The molecule has 1 heterocycles. The number of rotatable bonds is 6. The number of sulfonamides is 1. The van der Waals surface area contributed by atoms with E-state index < -0.39 is 15.5 Å². The molecule has 0 aromatic carbocycles. The first-order chi connectivity index (χ1) is 11.6. The molecule has 1 rings (SSSR count). The van der Waals surface area contributed by atoms with Gasteiger partial charge in [0.2, 0.25) is 5.91 Å². The van der Waals surface area contributed by atoms with Crippen LogP contribution in [0.3, 0.4) is 0 Å². The molecule has 0 aliphatic carbocycles. The molecule has 12 heteroatoms. The highest BCUT2D eigenvalue weighted by Gasteiger charge is 2.50. The number of hydrogen-bond acceptors (Lipinski definition) is 4. The Morgan fingerprint density at radius 1 is 1.24 bits per heavy atom. The molecule has 1 saturated heterocycles. The minimum Gasteiger partial charge on any atom is -0.355 e. The number of halogens is 3. The Morgan fingerprint density at radius 3 is 2.32 bits per heavy atom. The lowest BCUT2D eigenvalue weighted by molar-refractivity contribution is -0.120. The number of amides is 1. The Labute approximate surface area is 145 Å². The van der Waals surface area contributed by atoms with E-state index >= 15 is 0 Å². The van der Waals surface area contributed by atoms with E-state index in [4.69, 9.17) is 0 Å². The van der Waals surface area contributed by atoms with Crippen molar-refractivity contribution in [1.29, 1.82) is 0 Å². The molecule has 8 nitrogen and oxygen atoms in total. The van der Waals surface area contributed by atoms with Crippen molar-refractivity contribution >= 4 is 21.9 Å². The second-order valence-electron chi connectivity index (χ2n) is 5.54. The lowest BCUT2D eigenvalue weighted by atomic mass is 10.1. The van der Waals surface area contributed by atoms with Crippen LogP contribution in [0.1, 0.15) is 26.2 Å². The zero-order chi connectivity index (χ0) is 19.1. The molecule has 0 spiro atoms. The van der Waals surface area contributed by atoms with Crippen LogP contribution in [-0.4, -0.2) is 69.4 Å². The van der Waals surface area contributed by atoms with Gasteiger partial charge in [0.15, 0.2) is 5.96 Å². The zero-order valence-electron chi connectivity index (χ0n) is 14.2. The van der Waals surface area contributed by atoms with Gasteiger partial charge in [0.1, 0.15) is 0 Å². The normalized spacial score (nSPS) is 18.0. The van der Waals surface area contributed by atoms with Crippen LogP contribution in [0.2, 0.25) is 0 Å². The molecule has 0 radical (unpaired) electrons. The van der Waals surface area contributed by atoms with Gasteiger partial charge in [0.05, 0.1) is 6.54 Å². The summed E-state index contributed by atoms with van der Waals surface area (Å²) in [7, 11) is -3.78. The Morgan fingerprint density at radius 2 is 1.84 bits per heavy atom. The van der Waals surface area contributed by atoms with Crippen LogP contribution in [-0.2, 0) is 14.8 Å². The lowest BCUT2D eigenvalue weighted by Crippen LogP contribution is -2.52. The predicted molar refractivity (Wildman–Crippen MR) is 87.4 cm³/mol. The number of carbonyl (C=O) groups excluding carboxylic acids is 1. The minimum absolute atomic E-state index is 0.0149. The number of hydrogen-bond donors (Lipinski definition) is 3. The summed E-state index contributed by atoms with van der Waals surface area (Å²) < 4.78 is 60.8. The van der Waals surface area contributed by atoms with Crippen molar-refractivity contribution in [2.24, 2.45) is 4.99 Å². The number of aliphatic imine (C=N–C) groups is 1. The Bertz CT molecular complexity index is 572. The summed E-state index contributed by atoms with van der Waals surface area (Å²) in [5.74, 6) is 0.139. The Balaban J connectivity index is 2.46. The summed E-state index contributed by atoms with van der Waals surface area (Å²) in [6.07, 6.45) is 1.23. The summed E-state index contributed by atoms with van der Waals surface area (Å²) in [4.78, 5) is 15.5. The number of carbonyl (C=O) groups is 1. The highest BCUT2D eigenvalue weighted by atomic mass is 32.2. The van der Waals surface area contributed by atoms with Crippen LogP contribution in [0.4, 0.5) is 13.2 Å². The van der Waals surface area contributed by atoms with E-state index in [9.17, 15) is 26.4 Å². The number of piperidine rings is 1. The molecule has 1 aliphatic heterocycles. The van der Waals surface area contributed by atoms with E-state index in [1.807, 2.05) is 6.92 Å². The van der Waals surface area contributed by atoms with Crippen LogP contribution < -0.4 is 16.0 Å². The monoisotopic (exact) mass is 387 g/mol. The molecule has 0 saturated carbocycles. The van der Waals surface area contributed by atoms with Crippen LogP contribution in [0.25, 0.3) is 0 Å². The minimum atomic E-state index is -5.28. The third-order valence-corrected chi connectivity index (χ3v) is 5.27. The van der Waals surface area contributed by atoms with E-state index in [0.717, 1.165) is 6.42 Å². The summed E-state index contributed by atoms with van der Waals surface area (Å²) in [6.45, 7) is 2.06. The summed E-state index contributed by atoms with van der Waals surface area (Å²) in [6, 6.07) is -0.232. The molecule has 25 heavy (non-hydrogen) atoms. The molecule has 3 N–H and O–H groups in total. The first-order valence-electron chi connectivity index (χ1n) is 7.92. The van der Waals surface area contributed by atoms with Crippen molar-refractivity contribution in [1.82, 2.24) is 20.3 Å². The molecule has 1 amide bonds. The van der Waals surface area contributed by atoms with Gasteiger partial charge in [-0.2, -0.15) is 17.5 Å². The quantitative estimate of drug-likeness (QED) is 0.440. The van der Waals surface area contributed by atoms with Crippen LogP contribution in [0, 0.1) is 0 Å². The molecule has 0 unspecified atom stereocenters. The van der Waals surface area contributed by atoms with Crippen molar-refractivity contribution in [2.45, 2.75) is 37.7 Å². The third-order valence-electron chi connectivity index (χ3n) is 3.64. The molecular formula is C13H24F3N5O3S. The number of alkyl halides is 3. The van der Waals surface area contributed by atoms with Gasteiger partial charge in [0, 0.05) is 32.7 Å². The maximum atomic E-state index is 12.5. The Kier molecular flexibility index (Phi) is 7.93. The largest absolute Gasteiger partial charge is 0.511 e. The van der Waals surface area contributed by atoms with E-state index in [0.29, 0.717) is 16.8 Å². The van der Waals surface area contributed by atoms with Gasteiger partial charge < -0.3 is 16.0 Å². The van der Waals surface area contributed by atoms with Gasteiger partial charge in [-0.05, 0) is 19.3 Å². The molecular weight excluding hydrogens is 363 g/mol. The van der Waals surface area contributed by atoms with Gasteiger partial charge in [-0.3, -0.25) is 9.79 Å². The molecule has 1 aliphatic rings. The lowest BCUT2D eigenvalue weighted by Gasteiger charge is -2.32. The van der Waals surface area contributed by atoms with E-state index in [-0.39, 0.29) is 44.4 Å². The summed E-state index contributed by atoms with van der Waals surface area (Å²) in [5, 5.41) is 8.48. The second kappa shape index (κ2) is 9.22. The van der Waals surface area contributed by atoms with Crippen molar-refractivity contribution in [3.63, 3.8) is 0 Å². The second-order valence-corrected chi connectivity index (χ2v) is 7.47.